The normalized spacial score (nSPS) is 10.2. The summed E-state index contributed by atoms with van der Waals surface area (Å²) in [4.78, 5) is 4.22. The molecule has 0 fully saturated rings. The lowest BCUT2D eigenvalue weighted by Crippen LogP contribution is -1.86. The molecule has 0 amide bonds. The van der Waals surface area contributed by atoms with Crippen molar-refractivity contribution >= 4 is 22.9 Å². The molecule has 1 aromatic heterocycles. The second-order valence-electron chi connectivity index (χ2n) is 2.78. The summed E-state index contributed by atoms with van der Waals surface area (Å²) in [6, 6.07) is 7.87. The first kappa shape index (κ1) is 8.73. The van der Waals surface area contributed by atoms with Crippen LogP contribution in [-0.4, -0.2) is 4.98 Å². The highest BCUT2D eigenvalue weighted by molar-refractivity contribution is 7.07. The highest BCUT2D eigenvalue weighted by atomic mass is 35.5. The minimum absolute atomic E-state index is 0.780. The maximum Gasteiger partial charge on any atom is 0.0794 e. The molecule has 0 N–H and O–H groups in total. The molecule has 0 spiro atoms. The molecule has 1 heterocycles. The summed E-state index contributed by atoms with van der Waals surface area (Å²) < 4.78 is 0. The Morgan fingerprint density at radius 1 is 1.23 bits per heavy atom. The van der Waals surface area contributed by atoms with Gasteiger partial charge in [-0.2, -0.15) is 0 Å². The Labute approximate surface area is 86.0 Å². The Morgan fingerprint density at radius 2 is 2.00 bits per heavy atom. The zero-order valence-electron chi connectivity index (χ0n) is 6.90. The Kier molecular flexibility index (Phi) is 2.62. The van der Waals surface area contributed by atoms with Crippen molar-refractivity contribution in [3.05, 3.63) is 51.4 Å². The molecular formula is C10H8ClNS. The van der Waals surface area contributed by atoms with Gasteiger partial charge in [0.15, 0.2) is 0 Å². The molecule has 2 rings (SSSR count). The largest absolute Gasteiger partial charge is 0.249 e. The Balaban J connectivity index is 2.15. The number of rotatable bonds is 2. The Hall–Kier alpha value is -0.860. The summed E-state index contributed by atoms with van der Waals surface area (Å²) >= 11 is 7.40. The lowest BCUT2D eigenvalue weighted by Gasteiger charge is -1.97. The molecule has 0 saturated carbocycles. The third-order valence-electron chi connectivity index (χ3n) is 1.78. The van der Waals surface area contributed by atoms with Crippen LogP contribution in [0.5, 0.6) is 0 Å². The van der Waals surface area contributed by atoms with Crippen molar-refractivity contribution in [1.29, 1.82) is 0 Å². The van der Waals surface area contributed by atoms with Gasteiger partial charge in [-0.15, -0.1) is 11.3 Å². The van der Waals surface area contributed by atoms with E-state index in [4.69, 9.17) is 11.6 Å². The van der Waals surface area contributed by atoms with Crippen LogP contribution in [0.15, 0.2) is 35.2 Å². The van der Waals surface area contributed by atoms with E-state index in [1.807, 2.05) is 29.8 Å². The molecule has 1 aromatic carbocycles. The van der Waals surface area contributed by atoms with Crippen molar-refractivity contribution in [2.24, 2.45) is 0 Å². The number of halogens is 1. The van der Waals surface area contributed by atoms with Crippen molar-refractivity contribution < 1.29 is 0 Å². The molecule has 1 nitrogen and oxygen atoms in total. The van der Waals surface area contributed by atoms with E-state index in [0.29, 0.717) is 0 Å². The van der Waals surface area contributed by atoms with Crippen LogP contribution in [0.2, 0.25) is 5.02 Å². The highest BCUT2D eigenvalue weighted by Gasteiger charge is 1.97. The molecule has 66 valence electrons. The van der Waals surface area contributed by atoms with E-state index in [-0.39, 0.29) is 0 Å². The van der Waals surface area contributed by atoms with Crippen molar-refractivity contribution in [2.75, 3.05) is 0 Å². The van der Waals surface area contributed by atoms with Crippen LogP contribution in [0, 0.1) is 0 Å². The van der Waals surface area contributed by atoms with Gasteiger partial charge in [-0.25, -0.2) is 4.98 Å². The number of nitrogens with zero attached hydrogens (tertiary/aromatic N) is 1. The van der Waals surface area contributed by atoms with Crippen LogP contribution in [0.3, 0.4) is 0 Å². The fraction of sp³-hybridized carbons (Fsp3) is 0.100. The lowest BCUT2D eigenvalue weighted by molar-refractivity contribution is 1.11. The zero-order chi connectivity index (χ0) is 9.10. The van der Waals surface area contributed by atoms with Crippen LogP contribution in [0.4, 0.5) is 0 Å². The molecule has 0 aliphatic carbocycles. The standard InChI is InChI=1S/C10H8ClNS/c11-9-3-1-8(2-4-9)5-10-6-13-7-12-10/h1-4,6-7H,5H2. The van der Waals surface area contributed by atoms with E-state index in [2.05, 4.69) is 10.4 Å². The van der Waals surface area contributed by atoms with Gasteiger partial charge in [0, 0.05) is 16.8 Å². The minimum atomic E-state index is 0.780. The fourth-order valence-corrected chi connectivity index (χ4v) is 1.82. The van der Waals surface area contributed by atoms with Crippen LogP contribution < -0.4 is 0 Å². The quantitative estimate of drug-likeness (QED) is 0.739. The van der Waals surface area contributed by atoms with E-state index in [0.717, 1.165) is 17.1 Å². The Bertz CT molecular complexity index is 366. The number of hydrogen-bond donors (Lipinski definition) is 0. The summed E-state index contributed by atoms with van der Waals surface area (Å²) in [6.45, 7) is 0. The SMILES string of the molecule is Clc1ccc(Cc2cscn2)cc1. The van der Waals surface area contributed by atoms with E-state index in [9.17, 15) is 0 Å². The van der Waals surface area contributed by atoms with Gasteiger partial charge in [-0.1, -0.05) is 23.7 Å². The topological polar surface area (TPSA) is 12.9 Å². The molecule has 0 aliphatic rings. The molecule has 0 aliphatic heterocycles. The number of thiazole rings is 1. The Morgan fingerprint density at radius 3 is 2.62 bits per heavy atom. The van der Waals surface area contributed by atoms with Gasteiger partial charge in [0.05, 0.1) is 11.2 Å². The molecule has 0 atom stereocenters. The van der Waals surface area contributed by atoms with Gasteiger partial charge < -0.3 is 0 Å². The third-order valence-corrected chi connectivity index (χ3v) is 2.67. The van der Waals surface area contributed by atoms with Crippen LogP contribution >= 0.6 is 22.9 Å². The summed E-state index contributed by atoms with van der Waals surface area (Å²) in [5.74, 6) is 0. The smallest absolute Gasteiger partial charge is 0.0794 e. The number of hydrogen-bond acceptors (Lipinski definition) is 2. The first-order valence-corrected chi connectivity index (χ1v) is 5.28. The van der Waals surface area contributed by atoms with Gasteiger partial charge in [-0.05, 0) is 17.7 Å². The number of aromatic nitrogens is 1. The van der Waals surface area contributed by atoms with E-state index in [1.165, 1.54) is 5.56 Å². The monoisotopic (exact) mass is 209 g/mol. The summed E-state index contributed by atoms with van der Waals surface area (Å²) in [5.41, 5.74) is 4.22. The minimum Gasteiger partial charge on any atom is -0.249 e. The predicted molar refractivity (Wildman–Crippen MR) is 56.4 cm³/mol. The molecule has 0 unspecified atom stereocenters. The summed E-state index contributed by atoms with van der Waals surface area (Å²) in [7, 11) is 0. The van der Waals surface area contributed by atoms with Gasteiger partial charge in [-0.3, -0.25) is 0 Å². The zero-order valence-corrected chi connectivity index (χ0v) is 8.48. The van der Waals surface area contributed by atoms with Gasteiger partial charge in [0.2, 0.25) is 0 Å². The van der Waals surface area contributed by atoms with Crippen LogP contribution in [0.1, 0.15) is 11.3 Å². The van der Waals surface area contributed by atoms with Crippen LogP contribution in [0.25, 0.3) is 0 Å². The third kappa shape index (κ3) is 2.29. The second-order valence-corrected chi connectivity index (χ2v) is 3.94. The molecule has 0 saturated heterocycles. The first-order chi connectivity index (χ1) is 6.34. The second kappa shape index (κ2) is 3.90. The molecular weight excluding hydrogens is 202 g/mol. The van der Waals surface area contributed by atoms with Crippen molar-refractivity contribution in [1.82, 2.24) is 4.98 Å². The van der Waals surface area contributed by atoms with E-state index >= 15 is 0 Å². The maximum atomic E-state index is 5.78. The van der Waals surface area contributed by atoms with E-state index < -0.39 is 0 Å². The van der Waals surface area contributed by atoms with Gasteiger partial charge >= 0.3 is 0 Å². The predicted octanol–water partition coefficient (Wildman–Crippen LogP) is 3.39. The molecule has 0 bridgehead atoms. The fourth-order valence-electron chi connectivity index (χ4n) is 1.14. The molecule has 2 aromatic rings. The maximum absolute atomic E-state index is 5.78. The molecule has 13 heavy (non-hydrogen) atoms. The molecule has 3 heteroatoms. The molecule has 0 radical (unpaired) electrons. The van der Waals surface area contributed by atoms with Crippen molar-refractivity contribution in [3.63, 3.8) is 0 Å². The van der Waals surface area contributed by atoms with Crippen molar-refractivity contribution in [3.8, 4) is 0 Å². The number of benzene rings is 1. The van der Waals surface area contributed by atoms with Gasteiger partial charge in [0.1, 0.15) is 0 Å². The summed E-state index contributed by atoms with van der Waals surface area (Å²) in [6.07, 6.45) is 0.890. The van der Waals surface area contributed by atoms with Crippen LogP contribution in [-0.2, 0) is 6.42 Å². The van der Waals surface area contributed by atoms with E-state index in [1.54, 1.807) is 11.3 Å². The average Bonchev–Trinajstić information content (AvgIpc) is 2.62. The first-order valence-electron chi connectivity index (χ1n) is 3.96. The van der Waals surface area contributed by atoms with Gasteiger partial charge in [0.25, 0.3) is 0 Å². The summed E-state index contributed by atoms with van der Waals surface area (Å²) in [5, 5.41) is 2.84. The lowest BCUT2D eigenvalue weighted by atomic mass is 10.1. The average molecular weight is 210 g/mol. The highest BCUT2D eigenvalue weighted by Crippen LogP contribution is 2.13. The van der Waals surface area contributed by atoms with Crippen molar-refractivity contribution in [2.45, 2.75) is 6.42 Å².